The van der Waals surface area contributed by atoms with Gasteiger partial charge in [0.15, 0.2) is 5.78 Å². The fourth-order valence-electron chi connectivity index (χ4n) is 5.05. The summed E-state index contributed by atoms with van der Waals surface area (Å²) in [6.45, 7) is 4.07. The van der Waals surface area contributed by atoms with E-state index in [-0.39, 0.29) is 17.6 Å². The maximum Gasteiger partial charge on any atom is 0.265 e. The van der Waals surface area contributed by atoms with Gasteiger partial charge in [0, 0.05) is 60.6 Å². The Labute approximate surface area is 242 Å². The van der Waals surface area contributed by atoms with Crippen LogP contribution in [-0.4, -0.2) is 61.9 Å². The van der Waals surface area contributed by atoms with Crippen molar-refractivity contribution in [1.82, 2.24) is 4.90 Å². The molecule has 0 radical (unpaired) electrons. The zero-order valence-corrected chi connectivity index (χ0v) is 23.4. The van der Waals surface area contributed by atoms with Crippen molar-refractivity contribution in [2.75, 3.05) is 48.8 Å². The molecule has 2 amide bonds. The van der Waals surface area contributed by atoms with Crippen molar-refractivity contribution in [3.05, 3.63) is 106 Å². The Hall–Kier alpha value is -4.60. The molecule has 1 unspecified atom stereocenters. The Morgan fingerprint density at radius 3 is 2.49 bits per heavy atom. The highest BCUT2D eigenvalue weighted by Crippen LogP contribution is 2.33. The van der Waals surface area contributed by atoms with Crippen LogP contribution >= 0.6 is 11.3 Å². The summed E-state index contributed by atoms with van der Waals surface area (Å²) in [7, 11) is 2.14. The summed E-state index contributed by atoms with van der Waals surface area (Å²) in [5, 5.41) is 7.57. The summed E-state index contributed by atoms with van der Waals surface area (Å²) in [5.74, 6) is -1.20. The minimum absolute atomic E-state index is 0.180. The molecule has 1 aromatic heterocycles. The van der Waals surface area contributed by atoms with E-state index in [0.717, 1.165) is 31.9 Å². The van der Waals surface area contributed by atoms with E-state index >= 15 is 0 Å². The maximum atomic E-state index is 13.4. The third-order valence-corrected chi connectivity index (χ3v) is 8.28. The highest BCUT2D eigenvalue weighted by atomic mass is 32.1. The van der Waals surface area contributed by atoms with Crippen LogP contribution in [0, 0.1) is 0 Å². The van der Waals surface area contributed by atoms with Gasteiger partial charge in [0.05, 0.1) is 10.6 Å². The monoisotopic (exact) mass is 563 g/mol. The van der Waals surface area contributed by atoms with Crippen molar-refractivity contribution in [1.29, 1.82) is 0 Å². The number of aliphatic imine (C=N–C) groups is 1. The van der Waals surface area contributed by atoms with Crippen LogP contribution in [0.4, 0.5) is 22.7 Å². The number of nitrogens with zero attached hydrogens (tertiary/aromatic N) is 3. The summed E-state index contributed by atoms with van der Waals surface area (Å²) in [6.07, 6.45) is 1.64. The SMILES string of the molecule is CN1CCN(c2ccc(N=CC3C(=O)Nc4ccc(C(=O)c5cccc(NC(=O)c6cccs6)c5)cc43)cc2)CC1. The van der Waals surface area contributed by atoms with Crippen LogP contribution in [-0.2, 0) is 4.79 Å². The van der Waals surface area contributed by atoms with Gasteiger partial charge in [-0.1, -0.05) is 18.2 Å². The third-order valence-electron chi connectivity index (χ3n) is 7.41. The van der Waals surface area contributed by atoms with Gasteiger partial charge >= 0.3 is 0 Å². The van der Waals surface area contributed by atoms with Crippen LogP contribution < -0.4 is 15.5 Å². The number of ketones is 1. The van der Waals surface area contributed by atoms with Crippen LogP contribution in [0.3, 0.4) is 0 Å². The first-order chi connectivity index (χ1) is 19.9. The molecule has 0 saturated carbocycles. The molecule has 3 aromatic carbocycles. The number of carbonyl (C=O) groups is 3. The molecule has 2 aliphatic heterocycles. The van der Waals surface area contributed by atoms with Gasteiger partial charge in [-0.2, -0.15) is 0 Å². The minimum atomic E-state index is -0.605. The van der Waals surface area contributed by atoms with Crippen molar-refractivity contribution in [3.8, 4) is 0 Å². The Bertz CT molecular complexity index is 1620. The Kier molecular flexibility index (Phi) is 7.45. The van der Waals surface area contributed by atoms with Gasteiger partial charge in [0.2, 0.25) is 5.91 Å². The second-order valence-electron chi connectivity index (χ2n) is 10.2. The van der Waals surface area contributed by atoms with Gasteiger partial charge in [0.25, 0.3) is 5.91 Å². The topological polar surface area (TPSA) is 94.1 Å². The minimum Gasteiger partial charge on any atom is -0.369 e. The molecule has 2 aliphatic rings. The quantitative estimate of drug-likeness (QED) is 0.231. The van der Waals surface area contributed by atoms with Crippen LogP contribution in [0.1, 0.15) is 37.1 Å². The van der Waals surface area contributed by atoms with Gasteiger partial charge in [0.1, 0.15) is 5.92 Å². The number of carbonyl (C=O) groups excluding carboxylic acids is 3. The molecule has 0 aliphatic carbocycles. The lowest BCUT2D eigenvalue weighted by Gasteiger charge is -2.34. The van der Waals surface area contributed by atoms with E-state index in [2.05, 4.69) is 44.6 Å². The lowest BCUT2D eigenvalue weighted by molar-refractivity contribution is -0.115. The number of piperazine rings is 1. The zero-order valence-electron chi connectivity index (χ0n) is 22.5. The standard InChI is InChI=1S/C32H29N5O3S/c1-36-13-15-37(16-14-36)25-10-8-23(9-11-25)33-20-27-26-19-22(7-12-28(26)35-31(27)39)30(38)21-4-2-5-24(18-21)34-32(40)29-6-3-17-41-29/h2-12,17-20,27H,13-16H2,1H3,(H,34,40)(H,35,39). The Balaban J connectivity index is 1.17. The first-order valence-corrected chi connectivity index (χ1v) is 14.3. The number of benzene rings is 3. The summed E-state index contributed by atoms with van der Waals surface area (Å²) in [4.78, 5) is 48.5. The molecular weight excluding hydrogens is 534 g/mol. The van der Waals surface area contributed by atoms with E-state index in [1.807, 2.05) is 23.6 Å². The van der Waals surface area contributed by atoms with Gasteiger partial charge in [-0.25, -0.2) is 0 Å². The molecule has 6 rings (SSSR count). The normalized spacial score (nSPS) is 17.0. The number of anilines is 3. The Morgan fingerprint density at radius 1 is 0.951 bits per heavy atom. The van der Waals surface area contributed by atoms with Gasteiger partial charge in [-0.3, -0.25) is 19.4 Å². The molecule has 0 spiro atoms. The van der Waals surface area contributed by atoms with Crippen LogP contribution in [0.2, 0.25) is 0 Å². The molecule has 1 fully saturated rings. The number of hydrogen-bond donors (Lipinski definition) is 2. The number of amides is 2. The molecule has 9 heteroatoms. The number of rotatable bonds is 7. The summed E-state index contributed by atoms with van der Waals surface area (Å²) in [6, 6.07) is 23.7. The van der Waals surface area contributed by atoms with Crippen molar-refractivity contribution in [3.63, 3.8) is 0 Å². The molecule has 1 atom stereocenters. The lowest BCUT2D eigenvalue weighted by Crippen LogP contribution is -2.44. The fraction of sp³-hybridized carbons (Fsp3) is 0.188. The predicted octanol–water partition coefficient (Wildman–Crippen LogP) is 5.42. The summed E-state index contributed by atoms with van der Waals surface area (Å²) in [5.41, 5.74) is 4.74. The molecule has 8 nitrogen and oxygen atoms in total. The van der Waals surface area contributed by atoms with Crippen molar-refractivity contribution in [2.24, 2.45) is 4.99 Å². The van der Waals surface area contributed by atoms with Gasteiger partial charge in [-0.05, 0) is 78.7 Å². The average molecular weight is 564 g/mol. The van der Waals surface area contributed by atoms with E-state index < -0.39 is 5.92 Å². The molecule has 1 saturated heterocycles. The van der Waals surface area contributed by atoms with Crippen molar-refractivity contribution in [2.45, 2.75) is 5.92 Å². The number of fused-ring (bicyclic) bond motifs is 1. The summed E-state index contributed by atoms with van der Waals surface area (Å²) >= 11 is 1.35. The third kappa shape index (κ3) is 5.82. The predicted molar refractivity (Wildman–Crippen MR) is 164 cm³/mol. The number of likely N-dealkylation sites (N-methyl/N-ethyl adjacent to an activating group) is 1. The smallest absolute Gasteiger partial charge is 0.265 e. The van der Waals surface area contributed by atoms with Gasteiger partial charge in [-0.15, -0.1) is 11.3 Å². The molecule has 206 valence electrons. The van der Waals surface area contributed by atoms with Crippen LogP contribution in [0.25, 0.3) is 0 Å². The average Bonchev–Trinajstić information content (AvgIpc) is 3.64. The first-order valence-electron chi connectivity index (χ1n) is 13.5. The van der Waals surface area contributed by atoms with Crippen LogP contribution in [0.5, 0.6) is 0 Å². The van der Waals surface area contributed by atoms with E-state index in [4.69, 9.17) is 0 Å². The molecular formula is C32H29N5O3S. The fourth-order valence-corrected chi connectivity index (χ4v) is 5.67. The first kappa shape index (κ1) is 26.6. The second-order valence-corrected chi connectivity index (χ2v) is 11.1. The lowest BCUT2D eigenvalue weighted by atomic mass is 9.96. The van der Waals surface area contributed by atoms with E-state index in [1.165, 1.54) is 17.0 Å². The summed E-state index contributed by atoms with van der Waals surface area (Å²) < 4.78 is 0. The molecule has 4 aromatic rings. The highest BCUT2D eigenvalue weighted by Gasteiger charge is 2.30. The van der Waals surface area contributed by atoms with E-state index in [0.29, 0.717) is 32.9 Å². The number of nitrogens with one attached hydrogen (secondary N) is 2. The zero-order chi connectivity index (χ0) is 28.3. The highest BCUT2D eigenvalue weighted by molar-refractivity contribution is 7.12. The van der Waals surface area contributed by atoms with Crippen molar-refractivity contribution < 1.29 is 14.4 Å². The van der Waals surface area contributed by atoms with Crippen LogP contribution in [0.15, 0.2) is 89.2 Å². The molecule has 0 bridgehead atoms. The number of hydrogen-bond acceptors (Lipinski definition) is 7. The molecule has 41 heavy (non-hydrogen) atoms. The number of thiophene rings is 1. The molecule has 3 heterocycles. The van der Waals surface area contributed by atoms with E-state index in [1.54, 1.807) is 54.7 Å². The van der Waals surface area contributed by atoms with E-state index in [9.17, 15) is 14.4 Å². The van der Waals surface area contributed by atoms with Gasteiger partial charge < -0.3 is 20.4 Å². The van der Waals surface area contributed by atoms with Crippen molar-refractivity contribution >= 4 is 57.9 Å². The Morgan fingerprint density at radius 2 is 1.73 bits per heavy atom. The maximum absolute atomic E-state index is 13.4. The second kappa shape index (κ2) is 11.5. The largest absolute Gasteiger partial charge is 0.369 e. The molecule has 2 N–H and O–H groups in total.